The van der Waals surface area contributed by atoms with Crippen molar-refractivity contribution in [3.63, 3.8) is 0 Å². The summed E-state index contributed by atoms with van der Waals surface area (Å²) in [6.45, 7) is 8.92. The number of unbranched alkanes of at least 4 members (excludes halogenated alkanes) is 6. The first-order valence-corrected chi connectivity index (χ1v) is 16.5. The average molecular weight is 641 g/mol. The largest absolute Gasteiger partial charge is 0.376 e. The van der Waals surface area contributed by atoms with E-state index >= 15 is 0 Å². The summed E-state index contributed by atoms with van der Waals surface area (Å²) in [7, 11) is 0. The first-order chi connectivity index (χ1) is 18.4. The molecule has 0 atom stereocenters. The lowest BCUT2D eigenvalue weighted by Crippen LogP contribution is -2.27. The third-order valence-corrected chi connectivity index (χ3v) is 9.79. The minimum absolute atomic E-state index is 0.952. The second-order valence-electron chi connectivity index (χ2n) is 11.1. The number of rotatable bonds is 13. The molecule has 0 heterocycles. The number of halogens is 2. The summed E-state index contributed by atoms with van der Waals surface area (Å²) < 4.78 is 2.16. The molecule has 3 aromatic carbocycles. The fourth-order valence-corrected chi connectivity index (χ4v) is 7.30. The summed E-state index contributed by atoms with van der Waals surface area (Å²) in [6.07, 6.45) is 14.1. The standard InChI is InChI=1S/C35H44Br2O/c1-5-9-11-13-15-24-17-25(16-14-12-10-6-2)19-28(18-24)35(38)31-22-33(36)26(7-3)20-29(31)30-21-27(8-4)34(37)23-32(30)35/h17-23,38H,5-16H2,1-4H3. The predicted molar refractivity (Wildman–Crippen MR) is 170 cm³/mol. The maximum Gasteiger partial charge on any atom is 0.141 e. The molecule has 0 unspecified atom stereocenters. The van der Waals surface area contributed by atoms with Gasteiger partial charge in [-0.05, 0) is 102 Å². The van der Waals surface area contributed by atoms with Crippen molar-refractivity contribution in [3.8, 4) is 11.1 Å². The number of hydrogen-bond donors (Lipinski definition) is 1. The maximum atomic E-state index is 12.9. The van der Waals surface area contributed by atoms with Crippen molar-refractivity contribution in [2.45, 2.75) is 110 Å². The summed E-state index contributed by atoms with van der Waals surface area (Å²) >= 11 is 7.66. The minimum atomic E-state index is -1.17. The molecule has 4 rings (SSSR count). The van der Waals surface area contributed by atoms with Gasteiger partial charge in [0, 0.05) is 20.1 Å². The van der Waals surface area contributed by atoms with E-state index in [1.54, 1.807) is 0 Å². The van der Waals surface area contributed by atoms with E-state index in [1.807, 2.05) is 0 Å². The summed E-state index contributed by atoms with van der Waals surface area (Å²) in [5, 5.41) is 12.9. The molecule has 0 aromatic heterocycles. The summed E-state index contributed by atoms with van der Waals surface area (Å²) in [4.78, 5) is 0. The molecule has 0 saturated carbocycles. The van der Waals surface area contributed by atoms with E-state index < -0.39 is 5.60 Å². The van der Waals surface area contributed by atoms with Gasteiger partial charge in [0.15, 0.2) is 0 Å². The molecule has 0 spiro atoms. The van der Waals surface area contributed by atoms with Gasteiger partial charge >= 0.3 is 0 Å². The summed E-state index contributed by atoms with van der Waals surface area (Å²) in [5.41, 5.74) is 9.46. The number of hydrogen-bond acceptors (Lipinski definition) is 1. The van der Waals surface area contributed by atoms with Crippen LogP contribution in [0.5, 0.6) is 0 Å². The number of benzene rings is 3. The number of aryl methyl sites for hydroxylation is 4. The lowest BCUT2D eigenvalue weighted by Gasteiger charge is -2.29. The van der Waals surface area contributed by atoms with Gasteiger partial charge in [0.05, 0.1) is 0 Å². The van der Waals surface area contributed by atoms with E-state index in [0.29, 0.717) is 0 Å². The fraction of sp³-hybridized carbons (Fsp3) is 0.486. The monoisotopic (exact) mass is 638 g/mol. The molecule has 0 amide bonds. The van der Waals surface area contributed by atoms with Crippen molar-refractivity contribution in [1.29, 1.82) is 0 Å². The Morgan fingerprint density at radius 2 is 1.03 bits per heavy atom. The van der Waals surface area contributed by atoms with Gasteiger partial charge in [-0.15, -0.1) is 0 Å². The molecule has 204 valence electrons. The molecule has 3 aromatic rings. The molecular weight excluding hydrogens is 596 g/mol. The second-order valence-corrected chi connectivity index (χ2v) is 12.8. The van der Waals surface area contributed by atoms with Gasteiger partial charge in [0.25, 0.3) is 0 Å². The highest BCUT2D eigenvalue weighted by Gasteiger charge is 2.44. The quantitative estimate of drug-likeness (QED) is 0.184. The van der Waals surface area contributed by atoms with E-state index in [1.165, 1.54) is 84.7 Å². The van der Waals surface area contributed by atoms with Crippen LogP contribution in [0.25, 0.3) is 11.1 Å². The minimum Gasteiger partial charge on any atom is -0.376 e. The zero-order valence-corrected chi connectivity index (χ0v) is 26.9. The Bertz CT molecular complexity index is 1170. The van der Waals surface area contributed by atoms with Crippen molar-refractivity contribution in [3.05, 3.63) is 90.4 Å². The highest BCUT2D eigenvalue weighted by atomic mass is 79.9. The molecular formula is C35H44Br2O. The van der Waals surface area contributed by atoms with Crippen LogP contribution in [0.2, 0.25) is 0 Å². The van der Waals surface area contributed by atoms with Gasteiger partial charge in [-0.1, -0.05) is 116 Å². The third-order valence-electron chi connectivity index (χ3n) is 8.31. The molecule has 1 N–H and O–H groups in total. The molecule has 0 saturated heterocycles. The summed E-state index contributed by atoms with van der Waals surface area (Å²) in [6, 6.07) is 16.0. The van der Waals surface area contributed by atoms with Crippen LogP contribution in [0.3, 0.4) is 0 Å². The van der Waals surface area contributed by atoms with E-state index in [2.05, 4.69) is 102 Å². The topological polar surface area (TPSA) is 20.2 Å². The third kappa shape index (κ3) is 6.01. The van der Waals surface area contributed by atoms with Crippen molar-refractivity contribution < 1.29 is 5.11 Å². The van der Waals surface area contributed by atoms with Crippen LogP contribution >= 0.6 is 31.9 Å². The average Bonchev–Trinajstić information content (AvgIpc) is 3.15. The first-order valence-electron chi connectivity index (χ1n) is 14.9. The van der Waals surface area contributed by atoms with Gasteiger partial charge in [0.2, 0.25) is 0 Å². The van der Waals surface area contributed by atoms with Crippen LogP contribution < -0.4 is 0 Å². The summed E-state index contributed by atoms with van der Waals surface area (Å²) in [5.74, 6) is 0. The van der Waals surface area contributed by atoms with E-state index in [4.69, 9.17) is 0 Å². The van der Waals surface area contributed by atoms with Crippen molar-refractivity contribution >= 4 is 31.9 Å². The predicted octanol–water partition coefficient (Wildman–Crippen LogP) is 10.8. The van der Waals surface area contributed by atoms with Gasteiger partial charge in [0.1, 0.15) is 5.60 Å². The van der Waals surface area contributed by atoms with E-state index in [9.17, 15) is 5.11 Å². The number of fused-ring (bicyclic) bond motifs is 3. The molecule has 0 bridgehead atoms. The molecule has 0 aliphatic heterocycles. The van der Waals surface area contributed by atoms with Crippen LogP contribution in [0.1, 0.15) is 118 Å². The zero-order chi connectivity index (χ0) is 27.3. The van der Waals surface area contributed by atoms with Crippen LogP contribution in [-0.4, -0.2) is 5.11 Å². The zero-order valence-electron chi connectivity index (χ0n) is 23.7. The molecule has 3 heteroatoms. The SMILES string of the molecule is CCCCCCc1cc(CCCCCC)cc(C2(O)c3cc(Br)c(CC)cc3-c3cc(CC)c(Br)cc32)c1. The van der Waals surface area contributed by atoms with E-state index in [0.717, 1.165) is 51.3 Å². The molecule has 0 fully saturated rings. The molecule has 1 aliphatic carbocycles. The number of aliphatic hydroxyl groups is 1. The Hall–Kier alpha value is -1.42. The van der Waals surface area contributed by atoms with Crippen LogP contribution in [0.4, 0.5) is 0 Å². The van der Waals surface area contributed by atoms with Gasteiger partial charge in [-0.2, -0.15) is 0 Å². The smallest absolute Gasteiger partial charge is 0.141 e. The Labute approximate surface area is 247 Å². The molecule has 38 heavy (non-hydrogen) atoms. The Morgan fingerprint density at radius 3 is 1.42 bits per heavy atom. The fourth-order valence-electron chi connectivity index (χ4n) is 6.05. The second kappa shape index (κ2) is 13.3. The molecule has 1 nitrogen and oxygen atoms in total. The van der Waals surface area contributed by atoms with Crippen LogP contribution in [0.15, 0.2) is 51.4 Å². The van der Waals surface area contributed by atoms with Gasteiger partial charge < -0.3 is 5.11 Å². The normalized spacial score (nSPS) is 13.6. The maximum absolute atomic E-state index is 12.9. The molecule has 1 aliphatic rings. The Kier molecular flexibility index (Phi) is 10.3. The van der Waals surface area contributed by atoms with Crippen molar-refractivity contribution in [1.82, 2.24) is 0 Å². The van der Waals surface area contributed by atoms with Crippen molar-refractivity contribution in [2.24, 2.45) is 0 Å². The Balaban J connectivity index is 1.87. The molecule has 0 radical (unpaired) electrons. The van der Waals surface area contributed by atoms with E-state index in [-0.39, 0.29) is 0 Å². The van der Waals surface area contributed by atoms with Crippen LogP contribution in [0, 0.1) is 0 Å². The highest BCUT2D eigenvalue weighted by molar-refractivity contribution is 9.10. The highest BCUT2D eigenvalue weighted by Crippen LogP contribution is 2.53. The van der Waals surface area contributed by atoms with Gasteiger partial charge in [-0.3, -0.25) is 0 Å². The first kappa shape index (κ1) is 29.6. The Morgan fingerprint density at radius 1 is 0.579 bits per heavy atom. The lowest BCUT2D eigenvalue weighted by atomic mass is 9.81. The van der Waals surface area contributed by atoms with Gasteiger partial charge in [-0.25, -0.2) is 0 Å². The van der Waals surface area contributed by atoms with Crippen LogP contribution in [-0.2, 0) is 31.3 Å². The lowest BCUT2D eigenvalue weighted by molar-refractivity contribution is 0.130. The van der Waals surface area contributed by atoms with Crippen molar-refractivity contribution in [2.75, 3.05) is 0 Å².